The lowest BCUT2D eigenvalue weighted by Gasteiger charge is -2.13. The zero-order chi connectivity index (χ0) is 22.4. The van der Waals surface area contributed by atoms with Crippen LogP contribution in [0.25, 0.3) is 0 Å². The molecule has 0 aliphatic carbocycles. The summed E-state index contributed by atoms with van der Waals surface area (Å²) >= 11 is 0. The number of rotatable bonds is 7. The molecule has 1 amide bonds. The molecule has 1 unspecified atom stereocenters. The van der Waals surface area contributed by atoms with Gasteiger partial charge in [-0.25, -0.2) is 0 Å². The summed E-state index contributed by atoms with van der Waals surface area (Å²) in [5, 5.41) is 12.9. The van der Waals surface area contributed by atoms with Gasteiger partial charge in [0.15, 0.2) is 0 Å². The average Bonchev–Trinajstić information content (AvgIpc) is 2.77. The number of halogens is 3. The van der Waals surface area contributed by atoms with Gasteiger partial charge in [0, 0.05) is 12.1 Å². The van der Waals surface area contributed by atoms with Gasteiger partial charge in [0.2, 0.25) is 0 Å². The monoisotopic (exact) mass is 431 g/mol. The zero-order valence-electron chi connectivity index (χ0n) is 16.5. The van der Waals surface area contributed by atoms with Crippen LogP contribution in [0.15, 0.2) is 72.8 Å². The Morgan fingerprint density at radius 2 is 1.61 bits per heavy atom. The van der Waals surface area contributed by atoms with Crippen molar-refractivity contribution in [3.8, 4) is 17.2 Å². The maximum Gasteiger partial charge on any atom is 0.416 e. The van der Waals surface area contributed by atoms with Crippen LogP contribution >= 0.6 is 0 Å². The van der Waals surface area contributed by atoms with Crippen LogP contribution in [0.5, 0.6) is 17.2 Å². The molecule has 0 bridgehead atoms. The van der Waals surface area contributed by atoms with Crippen LogP contribution in [0.1, 0.15) is 27.6 Å². The van der Waals surface area contributed by atoms with Gasteiger partial charge >= 0.3 is 6.18 Å². The molecule has 0 spiro atoms. The molecule has 0 aromatic heterocycles. The standard InChI is InChI=1S/C23H20F3NO4/c1-30-18-10-8-15(9-11-18)21(28)14-27-22(29)16-4-2-6-19(12-16)31-20-7-3-5-17(13-20)23(24,25)26/h2-13,21,28H,14H2,1H3,(H,27,29). The summed E-state index contributed by atoms with van der Waals surface area (Å²) in [4.78, 5) is 12.4. The van der Waals surface area contributed by atoms with E-state index in [-0.39, 0.29) is 23.6 Å². The third-order valence-electron chi connectivity index (χ3n) is 4.45. The van der Waals surface area contributed by atoms with E-state index in [2.05, 4.69) is 5.32 Å². The quantitative estimate of drug-likeness (QED) is 0.554. The minimum absolute atomic E-state index is 0.00214. The number of amides is 1. The lowest BCUT2D eigenvalue weighted by Crippen LogP contribution is -2.28. The molecule has 3 aromatic rings. The van der Waals surface area contributed by atoms with Crippen LogP contribution in [0.4, 0.5) is 13.2 Å². The number of carbonyl (C=O) groups excluding carboxylic acids is 1. The molecule has 3 aromatic carbocycles. The second-order valence-corrected chi connectivity index (χ2v) is 6.65. The Labute approximate surface area is 177 Å². The molecule has 5 nitrogen and oxygen atoms in total. The highest BCUT2D eigenvalue weighted by Crippen LogP contribution is 2.32. The van der Waals surface area contributed by atoms with Crippen molar-refractivity contribution in [2.45, 2.75) is 12.3 Å². The van der Waals surface area contributed by atoms with Gasteiger partial charge in [0.05, 0.1) is 18.8 Å². The summed E-state index contributed by atoms with van der Waals surface area (Å²) in [6.45, 7) is -0.0239. The zero-order valence-corrected chi connectivity index (χ0v) is 16.5. The van der Waals surface area contributed by atoms with Crippen molar-refractivity contribution in [3.63, 3.8) is 0 Å². The van der Waals surface area contributed by atoms with E-state index in [0.717, 1.165) is 12.1 Å². The summed E-state index contributed by atoms with van der Waals surface area (Å²) in [6.07, 6.45) is -5.40. The largest absolute Gasteiger partial charge is 0.497 e. The number of benzene rings is 3. The van der Waals surface area contributed by atoms with Crippen molar-refractivity contribution < 1.29 is 32.5 Å². The molecular weight excluding hydrogens is 411 g/mol. The van der Waals surface area contributed by atoms with E-state index in [1.807, 2.05) is 0 Å². The maximum atomic E-state index is 12.9. The van der Waals surface area contributed by atoms with Crippen LogP contribution in [0, 0.1) is 0 Å². The van der Waals surface area contributed by atoms with Gasteiger partial charge in [-0.05, 0) is 54.1 Å². The SMILES string of the molecule is COc1ccc(C(O)CNC(=O)c2cccc(Oc3cccc(C(F)(F)F)c3)c2)cc1. The van der Waals surface area contributed by atoms with E-state index in [1.54, 1.807) is 30.3 Å². The second kappa shape index (κ2) is 9.53. The minimum atomic E-state index is -4.48. The number of hydrogen-bond acceptors (Lipinski definition) is 4. The lowest BCUT2D eigenvalue weighted by atomic mass is 10.1. The summed E-state index contributed by atoms with van der Waals surface area (Å²) < 4.78 is 49.1. The van der Waals surface area contributed by atoms with Gasteiger partial charge in [-0.15, -0.1) is 0 Å². The van der Waals surface area contributed by atoms with E-state index < -0.39 is 23.8 Å². The van der Waals surface area contributed by atoms with Crippen LogP contribution in [-0.4, -0.2) is 24.7 Å². The van der Waals surface area contributed by atoms with Crippen LogP contribution in [-0.2, 0) is 6.18 Å². The minimum Gasteiger partial charge on any atom is -0.497 e. The summed E-state index contributed by atoms with van der Waals surface area (Å²) in [5.74, 6) is 0.407. The van der Waals surface area contributed by atoms with Crippen LogP contribution in [0.3, 0.4) is 0 Å². The molecule has 1 atom stereocenters. The van der Waals surface area contributed by atoms with Crippen molar-refractivity contribution in [1.82, 2.24) is 5.32 Å². The van der Waals surface area contributed by atoms with Crippen molar-refractivity contribution >= 4 is 5.91 Å². The van der Waals surface area contributed by atoms with Crippen molar-refractivity contribution in [3.05, 3.63) is 89.5 Å². The van der Waals surface area contributed by atoms with Crippen LogP contribution < -0.4 is 14.8 Å². The Morgan fingerprint density at radius 1 is 0.968 bits per heavy atom. The molecule has 0 fully saturated rings. The molecule has 31 heavy (non-hydrogen) atoms. The molecule has 0 heterocycles. The Hall–Kier alpha value is -3.52. The Kier molecular flexibility index (Phi) is 6.81. The molecular formula is C23H20F3NO4. The number of hydrogen-bond donors (Lipinski definition) is 2. The first-order chi connectivity index (χ1) is 14.8. The smallest absolute Gasteiger partial charge is 0.416 e. The Balaban J connectivity index is 1.63. The predicted octanol–water partition coefficient (Wildman–Crippen LogP) is 4.97. The highest BCUT2D eigenvalue weighted by molar-refractivity contribution is 5.94. The number of methoxy groups -OCH3 is 1. The van der Waals surface area contributed by atoms with Crippen LogP contribution in [0.2, 0.25) is 0 Å². The van der Waals surface area contributed by atoms with Gasteiger partial charge in [-0.3, -0.25) is 4.79 Å². The normalized spacial score (nSPS) is 12.2. The topological polar surface area (TPSA) is 67.8 Å². The molecule has 2 N–H and O–H groups in total. The van der Waals surface area contributed by atoms with Gasteiger partial charge in [0.25, 0.3) is 5.91 Å². The first kappa shape index (κ1) is 22.2. The fraction of sp³-hybridized carbons (Fsp3) is 0.174. The van der Waals surface area contributed by atoms with E-state index in [1.165, 1.54) is 37.4 Å². The third-order valence-corrected chi connectivity index (χ3v) is 4.45. The number of aliphatic hydroxyl groups excluding tert-OH is 1. The predicted molar refractivity (Wildman–Crippen MR) is 108 cm³/mol. The molecule has 0 aliphatic rings. The summed E-state index contributed by atoms with van der Waals surface area (Å²) in [6, 6.07) is 17.3. The van der Waals surface area contributed by atoms with Gasteiger partial charge in [-0.1, -0.05) is 24.3 Å². The first-order valence-electron chi connectivity index (χ1n) is 9.31. The average molecular weight is 431 g/mol. The third kappa shape index (κ3) is 5.99. The van der Waals surface area contributed by atoms with E-state index in [4.69, 9.17) is 9.47 Å². The van der Waals surface area contributed by atoms with E-state index in [0.29, 0.717) is 11.3 Å². The molecule has 0 saturated heterocycles. The molecule has 8 heteroatoms. The molecule has 0 radical (unpaired) electrons. The second-order valence-electron chi connectivity index (χ2n) is 6.65. The molecule has 0 aliphatic heterocycles. The van der Waals surface area contributed by atoms with E-state index >= 15 is 0 Å². The highest BCUT2D eigenvalue weighted by Gasteiger charge is 2.30. The Bertz CT molecular complexity index is 1040. The first-order valence-corrected chi connectivity index (χ1v) is 9.31. The fourth-order valence-electron chi connectivity index (χ4n) is 2.81. The number of ether oxygens (including phenoxy) is 2. The van der Waals surface area contributed by atoms with Gasteiger partial charge in [0.1, 0.15) is 17.2 Å². The Morgan fingerprint density at radius 3 is 2.26 bits per heavy atom. The van der Waals surface area contributed by atoms with Gasteiger partial charge < -0.3 is 19.9 Å². The summed E-state index contributed by atoms with van der Waals surface area (Å²) in [7, 11) is 1.54. The number of aliphatic hydroxyl groups is 1. The summed E-state index contributed by atoms with van der Waals surface area (Å²) in [5.41, 5.74) is 0.0283. The fourth-order valence-corrected chi connectivity index (χ4v) is 2.81. The van der Waals surface area contributed by atoms with Crippen molar-refractivity contribution in [2.75, 3.05) is 13.7 Å². The number of carbonyl (C=O) groups is 1. The lowest BCUT2D eigenvalue weighted by molar-refractivity contribution is -0.137. The molecule has 162 valence electrons. The van der Waals surface area contributed by atoms with Gasteiger partial charge in [-0.2, -0.15) is 13.2 Å². The number of nitrogens with one attached hydrogen (secondary N) is 1. The molecule has 0 saturated carbocycles. The maximum absolute atomic E-state index is 12.9. The van der Waals surface area contributed by atoms with E-state index in [9.17, 15) is 23.1 Å². The molecule has 3 rings (SSSR count). The number of alkyl halides is 3. The highest BCUT2D eigenvalue weighted by atomic mass is 19.4. The van der Waals surface area contributed by atoms with Crippen molar-refractivity contribution in [1.29, 1.82) is 0 Å². The van der Waals surface area contributed by atoms with Crippen molar-refractivity contribution in [2.24, 2.45) is 0 Å².